The average Bonchev–Trinajstić information content (AvgIpc) is 2.15. The first-order valence-electron chi connectivity index (χ1n) is 4.53. The van der Waals surface area contributed by atoms with E-state index in [0.717, 1.165) is 23.1 Å². The van der Waals surface area contributed by atoms with Crippen LogP contribution in [0.25, 0.3) is 0 Å². The van der Waals surface area contributed by atoms with Gasteiger partial charge in [0.2, 0.25) is 0 Å². The van der Waals surface area contributed by atoms with E-state index in [4.69, 9.17) is 12.2 Å². The number of halogens is 1. The van der Waals surface area contributed by atoms with Gasteiger partial charge in [-0.2, -0.15) is 0 Å². The minimum absolute atomic E-state index is 0.671. The standard InChI is InChI=1S/C10H13BrN2S/c1-2-6-12-10(14)13-9-5-3-4-8(11)7-9/h3-5,7H,2,6H2,1H3,(H2,12,13,14). The third-order valence-electron chi connectivity index (χ3n) is 1.62. The summed E-state index contributed by atoms with van der Waals surface area (Å²) >= 11 is 8.51. The van der Waals surface area contributed by atoms with Crippen molar-refractivity contribution in [2.24, 2.45) is 0 Å². The van der Waals surface area contributed by atoms with E-state index in [1.54, 1.807) is 0 Å². The molecule has 0 unspecified atom stereocenters. The van der Waals surface area contributed by atoms with Crippen LogP contribution in [0.4, 0.5) is 5.69 Å². The topological polar surface area (TPSA) is 24.1 Å². The summed E-state index contributed by atoms with van der Waals surface area (Å²) in [5.41, 5.74) is 0.993. The zero-order valence-corrected chi connectivity index (χ0v) is 10.4. The summed E-state index contributed by atoms with van der Waals surface area (Å²) in [6.07, 6.45) is 1.07. The Balaban J connectivity index is 2.47. The first kappa shape index (κ1) is 11.5. The molecular weight excluding hydrogens is 260 g/mol. The normalized spacial score (nSPS) is 9.57. The molecule has 0 aliphatic heterocycles. The maximum Gasteiger partial charge on any atom is 0.170 e. The fourth-order valence-corrected chi connectivity index (χ4v) is 1.60. The van der Waals surface area contributed by atoms with Crippen molar-refractivity contribution in [3.05, 3.63) is 28.7 Å². The Morgan fingerprint density at radius 3 is 2.93 bits per heavy atom. The number of hydrogen-bond acceptors (Lipinski definition) is 1. The molecule has 1 aromatic rings. The number of anilines is 1. The molecule has 0 aliphatic rings. The lowest BCUT2D eigenvalue weighted by Gasteiger charge is -2.09. The van der Waals surface area contributed by atoms with Gasteiger partial charge in [-0.15, -0.1) is 0 Å². The van der Waals surface area contributed by atoms with Gasteiger partial charge in [0.1, 0.15) is 0 Å². The first-order valence-corrected chi connectivity index (χ1v) is 5.73. The van der Waals surface area contributed by atoms with E-state index in [-0.39, 0.29) is 0 Å². The quantitative estimate of drug-likeness (QED) is 0.827. The van der Waals surface area contributed by atoms with Crippen LogP contribution in [-0.4, -0.2) is 11.7 Å². The van der Waals surface area contributed by atoms with Gasteiger partial charge in [-0.3, -0.25) is 0 Å². The van der Waals surface area contributed by atoms with Crippen LogP contribution in [0.1, 0.15) is 13.3 Å². The molecule has 0 fully saturated rings. The molecular formula is C10H13BrN2S. The van der Waals surface area contributed by atoms with Gasteiger partial charge < -0.3 is 10.6 Å². The van der Waals surface area contributed by atoms with Gasteiger partial charge in [0.15, 0.2) is 5.11 Å². The molecule has 0 spiro atoms. The highest BCUT2D eigenvalue weighted by atomic mass is 79.9. The molecule has 0 amide bonds. The minimum Gasteiger partial charge on any atom is -0.362 e. The molecule has 0 bridgehead atoms. The molecule has 0 aromatic heterocycles. The zero-order valence-electron chi connectivity index (χ0n) is 8.01. The van der Waals surface area contributed by atoms with Crippen LogP contribution in [0.3, 0.4) is 0 Å². The number of nitrogens with one attached hydrogen (secondary N) is 2. The van der Waals surface area contributed by atoms with Crippen LogP contribution in [0.15, 0.2) is 28.7 Å². The number of benzene rings is 1. The van der Waals surface area contributed by atoms with E-state index in [2.05, 4.69) is 33.5 Å². The summed E-state index contributed by atoms with van der Waals surface area (Å²) in [6, 6.07) is 7.91. The molecule has 0 saturated carbocycles. The van der Waals surface area contributed by atoms with Gasteiger partial charge in [0.25, 0.3) is 0 Å². The summed E-state index contributed by atoms with van der Waals surface area (Å²) in [6.45, 7) is 3.01. The molecule has 0 saturated heterocycles. The lowest BCUT2D eigenvalue weighted by Crippen LogP contribution is -2.28. The van der Waals surface area contributed by atoms with E-state index >= 15 is 0 Å². The van der Waals surface area contributed by atoms with Crippen molar-refractivity contribution < 1.29 is 0 Å². The average molecular weight is 273 g/mol. The van der Waals surface area contributed by atoms with E-state index < -0.39 is 0 Å². The van der Waals surface area contributed by atoms with Crippen molar-refractivity contribution in [3.63, 3.8) is 0 Å². The van der Waals surface area contributed by atoms with E-state index in [0.29, 0.717) is 5.11 Å². The highest BCUT2D eigenvalue weighted by molar-refractivity contribution is 9.10. The first-order chi connectivity index (χ1) is 6.72. The molecule has 14 heavy (non-hydrogen) atoms. The Labute approximate surface area is 98.2 Å². The lowest BCUT2D eigenvalue weighted by molar-refractivity contribution is 0.846. The smallest absolute Gasteiger partial charge is 0.170 e. The van der Waals surface area contributed by atoms with Crippen molar-refractivity contribution >= 4 is 38.9 Å². The molecule has 2 nitrogen and oxygen atoms in total. The van der Waals surface area contributed by atoms with Crippen LogP contribution in [0.5, 0.6) is 0 Å². The largest absolute Gasteiger partial charge is 0.362 e. The summed E-state index contributed by atoms with van der Waals surface area (Å²) in [7, 11) is 0. The SMILES string of the molecule is CCCNC(=S)Nc1cccc(Br)c1. The summed E-state index contributed by atoms with van der Waals surface area (Å²) < 4.78 is 1.04. The fraction of sp³-hybridized carbons (Fsp3) is 0.300. The predicted molar refractivity (Wildman–Crippen MR) is 68.7 cm³/mol. The molecule has 0 radical (unpaired) electrons. The molecule has 1 rings (SSSR count). The van der Waals surface area contributed by atoms with Gasteiger partial charge >= 0.3 is 0 Å². The Morgan fingerprint density at radius 1 is 1.50 bits per heavy atom. The Kier molecular flexibility index (Phi) is 4.90. The van der Waals surface area contributed by atoms with Crippen molar-refractivity contribution in [1.82, 2.24) is 5.32 Å². The van der Waals surface area contributed by atoms with Crippen LogP contribution in [-0.2, 0) is 0 Å². The Hall–Kier alpha value is -0.610. The molecule has 1 aromatic carbocycles. The van der Waals surface area contributed by atoms with Crippen LogP contribution >= 0.6 is 28.1 Å². The molecule has 0 heterocycles. The highest BCUT2D eigenvalue weighted by Crippen LogP contribution is 2.15. The van der Waals surface area contributed by atoms with Gasteiger partial charge in [0, 0.05) is 16.7 Å². The van der Waals surface area contributed by atoms with Gasteiger partial charge in [0.05, 0.1) is 0 Å². The minimum atomic E-state index is 0.671. The van der Waals surface area contributed by atoms with Crippen molar-refractivity contribution in [3.8, 4) is 0 Å². The lowest BCUT2D eigenvalue weighted by atomic mass is 10.3. The molecule has 2 N–H and O–H groups in total. The van der Waals surface area contributed by atoms with Crippen LogP contribution in [0.2, 0.25) is 0 Å². The second kappa shape index (κ2) is 5.98. The van der Waals surface area contributed by atoms with Crippen molar-refractivity contribution in [1.29, 1.82) is 0 Å². The van der Waals surface area contributed by atoms with E-state index in [1.807, 2.05) is 24.3 Å². The summed E-state index contributed by atoms with van der Waals surface area (Å²) in [4.78, 5) is 0. The fourth-order valence-electron chi connectivity index (χ4n) is 0.980. The number of thiocarbonyl (C=S) groups is 1. The third kappa shape index (κ3) is 4.07. The third-order valence-corrected chi connectivity index (χ3v) is 2.36. The Morgan fingerprint density at radius 2 is 2.29 bits per heavy atom. The number of hydrogen-bond donors (Lipinski definition) is 2. The maximum atomic E-state index is 5.11. The number of rotatable bonds is 3. The highest BCUT2D eigenvalue weighted by Gasteiger charge is 1.96. The van der Waals surface area contributed by atoms with Crippen LogP contribution in [0, 0.1) is 0 Å². The van der Waals surface area contributed by atoms with Crippen molar-refractivity contribution in [2.75, 3.05) is 11.9 Å². The molecule has 0 atom stereocenters. The second-order valence-electron chi connectivity index (χ2n) is 2.89. The maximum absolute atomic E-state index is 5.11. The van der Waals surface area contributed by atoms with Crippen molar-refractivity contribution in [2.45, 2.75) is 13.3 Å². The second-order valence-corrected chi connectivity index (χ2v) is 4.22. The summed E-state index contributed by atoms with van der Waals surface area (Å²) in [5.74, 6) is 0. The monoisotopic (exact) mass is 272 g/mol. The Bertz CT molecular complexity index is 315. The predicted octanol–water partition coefficient (Wildman–Crippen LogP) is 3.15. The van der Waals surface area contributed by atoms with Gasteiger partial charge in [-0.25, -0.2) is 0 Å². The van der Waals surface area contributed by atoms with Gasteiger partial charge in [-0.05, 0) is 36.8 Å². The van der Waals surface area contributed by atoms with Crippen LogP contribution < -0.4 is 10.6 Å². The molecule has 76 valence electrons. The molecule has 4 heteroatoms. The van der Waals surface area contributed by atoms with E-state index in [9.17, 15) is 0 Å². The molecule has 0 aliphatic carbocycles. The zero-order chi connectivity index (χ0) is 10.4. The van der Waals surface area contributed by atoms with E-state index in [1.165, 1.54) is 0 Å². The summed E-state index contributed by atoms with van der Waals surface area (Å²) in [5, 5.41) is 6.88. The van der Waals surface area contributed by atoms with Gasteiger partial charge in [-0.1, -0.05) is 28.9 Å².